The van der Waals surface area contributed by atoms with Gasteiger partial charge in [0.25, 0.3) is 0 Å². The van der Waals surface area contributed by atoms with Crippen LogP contribution in [0.4, 0.5) is 0 Å². The highest BCUT2D eigenvalue weighted by molar-refractivity contribution is 7.99. The van der Waals surface area contributed by atoms with Gasteiger partial charge in [0, 0.05) is 5.75 Å². The van der Waals surface area contributed by atoms with Gasteiger partial charge in [0.05, 0.1) is 26.8 Å². The number of rotatable bonds is 16. The van der Waals surface area contributed by atoms with Crippen molar-refractivity contribution in [3.63, 3.8) is 0 Å². The van der Waals surface area contributed by atoms with Gasteiger partial charge in [0.15, 0.2) is 0 Å². The van der Waals surface area contributed by atoms with E-state index in [2.05, 4.69) is 25.7 Å². The lowest BCUT2D eigenvalue weighted by Gasteiger charge is -2.37. The fourth-order valence-electron chi connectivity index (χ4n) is 3.44. The zero-order valence-corrected chi connectivity index (χ0v) is 20.1. The van der Waals surface area contributed by atoms with Gasteiger partial charge in [-0.05, 0) is 12.2 Å². The Morgan fingerprint density at radius 3 is 1.72 bits per heavy atom. The molecule has 0 spiro atoms. The maximum Gasteiger partial charge on any atom is 0.102 e. The molecular formula is C21H44INOS. The van der Waals surface area contributed by atoms with E-state index in [1.807, 2.05) is 0 Å². The first-order valence-corrected chi connectivity index (χ1v) is 11.9. The van der Waals surface area contributed by atoms with Crippen molar-refractivity contribution < 1.29 is 33.2 Å². The topological polar surface area (TPSA) is 9.23 Å². The Morgan fingerprint density at radius 1 is 0.720 bits per heavy atom. The molecule has 0 bridgehead atoms. The summed E-state index contributed by atoms with van der Waals surface area (Å²) in [4.78, 5) is 0. The van der Waals surface area contributed by atoms with Crippen molar-refractivity contribution in [2.45, 2.75) is 84.0 Å². The fraction of sp³-hybridized carbons (Fsp3) is 1.00. The van der Waals surface area contributed by atoms with Crippen LogP contribution in [0.3, 0.4) is 0 Å². The molecule has 1 heterocycles. The minimum atomic E-state index is 0. The molecule has 152 valence electrons. The average Bonchev–Trinajstić information content (AvgIpc) is 2.59. The van der Waals surface area contributed by atoms with Gasteiger partial charge in [-0.2, -0.15) is 11.8 Å². The van der Waals surface area contributed by atoms with Crippen LogP contribution in [-0.4, -0.2) is 55.9 Å². The number of nitrogens with zero attached hydrogens (tertiary/aromatic N) is 1. The van der Waals surface area contributed by atoms with Crippen LogP contribution in [0, 0.1) is 0 Å². The van der Waals surface area contributed by atoms with Gasteiger partial charge < -0.3 is 33.2 Å². The third-order valence-electron chi connectivity index (χ3n) is 5.47. The zero-order chi connectivity index (χ0) is 17.3. The molecule has 0 saturated carbocycles. The van der Waals surface area contributed by atoms with Gasteiger partial charge in [-0.1, -0.05) is 77.6 Å². The smallest absolute Gasteiger partial charge is 0.102 e. The van der Waals surface area contributed by atoms with Crippen LogP contribution in [0.5, 0.6) is 0 Å². The lowest BCUT2D eigenvalue weighted by Crippen LogP contribution is -3.00. The van der Waals surface area contributed by atoms with Crippen LogP contribution in [0.15, 0.2) is 0 Å². The maximum atomic E-state index is 5.47. The van der Waals surface area contributed by atoms with E-state index in [0.29, 0.717) is 0 Å². The second-order valence-electron chi connectivity index (χ2n) is 7.90. The summed E-state index contributed by atoms with van der Waals surface area (Å²) in [5.74, 6) is 2.70. The van der Waals surface area contributed by atoms with E-state index in [1.165, 1.54) is 113 Å². The average molecular weight is 486 g/mol. The van der Waals surface area contributed by atoms with Crippen LogP contribution in [0.1, 0.15) is 84.0 Å². The van der Waals surface area contributed by atoms with E-state index in [9.17, 15) is 0 Å². The van der Waals surface area contributed by atoms with E-state index in [4.69, 9.17) is 4.74 Å². The summed E-state index contributed by atoms with van der Waals surface area (Å²) in [7, 11) is 2.40. The molecule has 1 saturated heterocycles. The summed E-state index contributed by atoms with van der Waals surface area (Å²) in [6.07, 6.45) is 17.4. The van der Waals surface area contributed by atoms with Crippen molar-refractivity contribution in [3.8, 4) is 0 Å². The van der Waals surface area contributed by atoms with Gasteiger partial charge >= 0.3 is 0 Å². The van der Waals surface area contributed by atoms with E-state index < -0.39 is 0 Å². The molecule has 1 fully saturated rings. The molecule has 0 aromatic carbocycles. The van der Waals surface area contributed by atoms with Gasteiger partial charge in [0.1, 0.15) is 13.1 Å². The number of thioether (sulfide) groups is 1. The summed E-state index contributed by atoms with van der Waals surface area (Å²) in [5.41, 5.74) is 0. The number of hydrogen-bond acceptors (Lipinski definition) is 2. The van der Waals surface area contributed by atoms with E-state index in [0.717, 1.165) is 13.2 Å². The summed E-state index contributed by atoms with van der Waals surface area (Å²) >= 11 is 2.17. The Bertz CT molecular complexity index is 273. The van der Waals surface area contributed by atoms with Crippen LogP contribution in [0.25, 0.3) is 0 Å². The second-order valence-corrected chi connectivity index (χ2v) is 9.13. The number of unbranched alkanes of at least 4 members (excludes halogenated alkanes) is 11. The minimum absolute atomic E-state index is 0. The highest BCUT2D eigenvalue weighted by Gasteiger charge is 2.24. The molecule has 1 aliphatic heterocycles. The van der Waals surface area contributed by atoms with Crippen molar-refractivity contribution in [1.82, 2.24) is 0 Å². The van der Waals surface area contributed by atoms with Crippen molar-refractivity contribution >= 4 is 11.8 Å². The molecule has 0 N–H and O–H groups in total. The molecule has 0 amide bonds. The van der Waals surface area contributed by atoms with E-state index in [-0.39, 0.29) is 24.0 Å². The van der Waals surface area contributed by atoms with Crippen molar-refractivity contribution in [2.75, 3.05) is 51.4 Å². The van der Waals surface area contributed by atoms with Gasteiger partial charge in [0.2, 0.25) is 0 Å². The first kappa shape index (κ1) is 26.0. The van der Waals surface area contributed by atoms with Crippen LogP contribution in [-0.2, 0) is 4.74 Å². The molecule has 0 aliphatic carbocycles. The van der Waals surface area contributed by atoms with Crippen LogP contribution in [0.2, 0.25) is 0 Å². The van der Waals surface area contributed by atoms with Crippen molar-refractivity contribution in [3.05, 3.63) is 0 Å². The van der Waals surface area contributed by atoms with Gasteiger partial charge in [-0.15, -0.1) is 0 Å². The highest BCUT2D eigenvalue weighted by atomic mass is 127. The Kier molecular flexibility index (Phi) is 19.1. The number of halogens is 1. The summed E-state index contributed by atoms with van der Waals surface area (Å²) in [6, 6.07) is 0. The molecule has 0 radical (unpaired) electrons. The van der Waals surface area contributed by atoms with Gasteiger partial charge in [-0.25, -0.2) is 0 Å². The second kappa shape index (κ2) is 18.4. The number of hydrogen-bond donors (Lipinski definition) is 0. The lowest BCUT2D eigenvalue weighted by atomic mass is 10.1. The van der Waals surface area contributed by atoms with E-state index >= 15 is 0 Å². The standard InChI is InChI=1S/C21H44NOS.HI/c1-3-4-5-6-7-8-9-10-11-12-13-14-20-24-21-17-22(2)15-18-23-19-16-22;/h3-21H2,1-2H3;1H/q+1;/p-1. The Morgan fingerprint density at radius 2 is 1.20 bits per heavy atom. The first-order chi connectivity index (χ1) is 11.8. The first-order valence-electron chi connectivity index (χ1n) is 10.8. The van der Waals surface area contributed by atoms with Gasteiger partial charge in [-0.3, -0.25) is 0 Å². The molecular weight excluding hydrogens is 441 g/mol. The fourth-order valence-corrected chi connectivity index (χ4v) is 4.62. The molecule has 25 heavy (non-hydrogen) atoms. The quantitative estimate of drug-likeness (QED) is 0.189. The third kappa shape index (κ3) is 15.7. The molecule has 0 atom stereocenters. The SMILES string of the molecule is CCCCCCCCCCCCCCSCC[N+]1(C)CCOCC1.[I-]. The number of ether oxygens (including phenoxy) is 1. The normalized spacial score (nSPS) is 16.6. The van der Waals surface area contributed by atoms with Crippen LogP contribution < -0.4 is 24.0 Å². The molecule has 4 heteroatoms. The monoisotopic (exact) mass is 485 g/mol. The summed E-state index contributed by atoms with van der Waals surface area (Å²) in [6.45, 7) is 7.95. The molecule has 0 aromatic rings. The number of likely N-dealkylation sites (N-methyl/N-ethyl adjacent to an activating group) is 1. The van der Waals surface area contributed by atoms with Crippen molar-refractivity contribution in [1.29, 1.82) is 0 Å². The Hall–Kier alpha value is 1.00. The lowest BCUT2D eigenvalue weighted by molar-refractivity contribution is -0.914. The van der Waals surface area contributed by atoms with E-state index in [1.54, 1.807) is 0 Å². The molecule has 0 unspecified atom stereocenters. The molecule has 0 aromatic heterocycles. The molecule has 1 rings (SSSR count). The highest BCUT2D eigenvalue weighted by Crippen LogP contribution is 2.14. The number of morpholine rings is 1. The summed E-state index contributed by atoms with van der Waals surface area (Å²) < 4.78 is 6.70. The van der Waals surface area contributed by atoms with Crippen molar-refractivity contribution in [2.24, 2.45) is 0 Å². The largest absolute Gasteiger partial charge is 1.00 e. The summed E-state index contributed by atoms with van der Waals surface area (Å²) in [5, 5.41) is 0. The maximum absolute atomic E-state index is 5.47. The Balaban J connectivity index is 0.00000576. The molecule has 2 nitrogen and oxygen atoms in total. The minimum Gasteiger partial charge on any atom is -1.00 e. The predicted octanol–water partition coefficient (Wildman–Crippen LogP) is 2.90. The van der Waals surface area contributed by atoms with Crippen LogP contribution >= 0.6 is 11.8 Å². The molecule has 1 aliphatic rings. The third-order valence-corrected chi connectivity index (χ3v) is 6.52. The number of quaternary nitrogens is 1. The predicted molar refractivity (Wildman–Crippen MR) is 110 cm³/mol. The zero-order valence-electron chi connectivity index (χ0n) is 17.1. The Labute approximate surface area is 179 Å².